The number of nitrogens with one attached hydrogen (secondary N) is 3. The zero-order valence-electron chi connectivity index (χ0n) is 19.5. The first-order chi connectivity index (χ1) is 17.4. The molecule has 0 saturated carbocycles. The summed E-state index contributed by atoms with van der Waals surface area (Å²) in [5.74, 6) is -1.02. The molecule has 0 aliphatic rings. The second-order valence-electron chi connectivity index (χ2n) is 7.44. The second-order valence-corrected chi connectivity index (χ2v) is 7.88. The smallest absolute Gasteiger partial charge is 0.329 e. The Labute approximate surface area is 213 Å². The van der Waals surface area contributed by atoms with E-state index in [4.69, 9.17) is 21.1 Å². The molecule has 10 heteroatoms. The van der Waals surface area contributed by atoms with E-state index >= 15 is 0 Å². The summed E-state index contributed by atoms with van der Waals surface area (Å²) in [4.78, 5) is 36.2. The number of hydrogen-bond donors (Lipinski definition) is 3. The first kappa shape index (κ1) is 26.2. The van der Waals surface area contributed by atoms with Gasteiger partial charge >= 0.3 is 11.8 Å². The molecule has 0 atom stereocenters. The maximum Gasteiger partial charge on any atom is 0.329 e. The highest BCUT2D eigenvalue weighted by molar-refractivity contribution is 6.39. The minimum absolute atomic E-state index is 0.203. The van der Waals surface area contributed by atoms with Gasteiger partial charge in [0.2, 0.25) is 0 Å². The number of benzene rings is 3. The number of hydrogen-bond acceptors (Lipinski definition) is 6. The monoisotopic (exact) mass is 508 g/mol. The van der Waals surface area contributed by atoms with Crippen LogP contribution in [-0.4, -0.2) is 37.1 Å². The van der Waals surface area contributed by atoms with Crippen molar-refractivity contribution < 1.29 is 23.9 Å². The lowest BCUT2D eigenvalue weighted by Crippen LogP contribution is -2.32. The van der Waals surface area contributed by atoms with E-state index in [0.717, 1.165) is 6.42 Å². The first-order valence-electron chi connectivity index (χ1n) is 11.1. The molecule has 0 fully saturated rings. The SMILES string of the molecule is CCCOc1ccc(NC(=O)C(=O)N/N=C\c2cccc(OCC(=O)Nc3ccc(Cl)cc3)c2)cc1. The predicted octanol–water partition coefficient (Wildman–Crippen LogP) is 4.24. The molecule has 0 spiro atoms. The minimum Gasteiger partial charge on any atom is -0.494 e. The van der Waals surface area contributed by atoms with Crippen molar-refractivity contribution in [1.29, 1.82) is 0 Å². The summed E-state index contributed by atoms with van der Waals surface area (Å²) in [6.07, 6.45) is 2.24. The third-order valence-electron chi connectivity index (χ3n) is 4.53. The Morgan fingerprint density at radius 1 is 0.861 bits per heavy atom. The fourth-order valence-electron chi connectivity index (χ4n) is 2.82. The number of carbonyl (C=O) groups excluding carboxylic acids is 3. The van der Waals surface area contributed by atoms with Crippen molar-refractivity contribution >= 4 is 46.9 Å². The van der Waals surface area contributed by atoms with Crippen LogP contribution in [0.2, 0.25) is 5.02 Å². The third kappa shape index (κ3) is 8.77. The first-order valence-corrected chi connectivity index (χ1v) is 11.5. The molecule has 3 amide bonds. The summed E-state index contributed by atoms with van der Waals surface area (Å²) in [5.41, 5.74) is 3.82. The van der Waals surface area contributed by atoms with E-state index in [1.54, 1.807) is 72.8 Å². The Bertz CT molecular complexity index is 1210. The molecule has 9 nitrogen and oxygen atoms in total. The lowest BCUT2D eigenvalue weighted by molar-refractivity contribution is -0.136. The average molecular weight is 509 g/mol. The Morgan fingerprint density at radius 2 is 1.56 bits per heavy atom. The molecule has 3 N–H and O–H groups in total. The van der Waals surface area contributed by atoms with Crippen LogP contribution < -0.4 is 25.5 Å². The number of amides is 3. The number of carbonyl (C=O) groups is 3. The molecule has 0 aliphatic heterocycles. The van der Waals surface area contributed by atoms with Crippen LogP contribution in [0.1, 0.15) is 18.9 Å². The van der Waals surface area contributed by atoms with Crippen LogP contribution in [0.3, 0.4) is 0 Å². The lowest BCUT2D eigenvalue weighted by Gasteiger charge is -2.08. The van der Waals surface area contributed by atoms with E-state index in [1.165, 1.54) is 6.21 Å². The molecule has 3 aromatic rings. The number of nitrogens with zero attached hydrogens (tertiary/aromatic N) is 1. The number of halogens is 1. The summed E-state index contributed by atoms with van der Waals surface area (Å²) < 4.78 is 11.0. The van der Waals surface area contributed by atoms with Crippen molar-refractivity contribution in [1.82, 2.24) is 5.43 Å². The van der Waals surface area contributed by atoms with Gasteiger partial charge in [0.15, 0.2) is 6.61 Å². The van der Waals surface area contributed by atoms with E-state index in [9.17, 15) is 14.4 Å². The van der Waals surface area contributed by atoms with Crippen molar-refractivity contribution in [3.63, 3.8) is 0 Å². The Balaban J connectivity index is 1.44. The molecule has 0 saturated heterocycles. The van der Waals surface area contributed by atoms with Gasteiger partial charge in [-0.15, -0.1) is 0 Å². The van der Waals surface area contributed by atoms with Gasteiger partial charge in [-0.3, -0.25) is 14.4 Å². The van der Waals surface area contributed by atoms with E-state index in [1.807, 2.05) is 6.92 Å². The molecule has 186 valence electrons. The van der Waals surface area contributed by atoms with Gasteiger partial charge in [-0.1, -0.05) is 30.7 Å². The predicted molar refractivity (Wildman–Crippen MR) is 139 cm³/mol. The summed E-state index contributed by atoms with van der Waals surface area (Å²) >= 11 is 5.83. The fraction of sp³-hybridized carbons (Fsp3) is 0.154. The van der Waals surface area contributed by atoms with E-state index in [0.29, 0.717) is 40.1 Å². The summed E-state index contributed by atoms with van der Waals surface area (Å²) in [7, 11) is 0. The summed E-state index contributed by atoms with van der Waals surface area (Å²) in [6.45, 7) is 2.40. The van der Waals surface area contributed by atoms with Crippen LogP contribution in [-0.2, 0) is 14.4 Å². The topological polar surface area (TPSA) is 118 Å². The molecule has 0 unspecified atom stereocenters. The van der Waals surface area contributed by atoms with Gasteiger partial charge in [-0.2, -0.15) is 5.10 Å². The van der Waals surface area contributed by atoms with Gasteiger partial charge in [0, 0.05) is 16.4 Å². The Hall–Kier alpha value is -4.37. The van der Waals surface area contributed by atoms with Gasteiger partial charge in [0.1, 0.15) is 11.5 Å². The van der Waals surface area contributed by atoms with Crippen molar-refractivity contribution in [2.45, 2.75) is 13.3 Å². The molecule has 0 radical (unpaired) electrons. The molecule has 0 aliphatic carbocycles. The van der Waals surface area contributed by atoms with Gasteiger partial charge in [0.25, 0.3) is 5.91 Å². The summed E-state index contributed by atoms with van der Waals surface area (Å²) in [5, 5.41) is 9.56. The molecule has 36 heavy (non-hydrogen) atoms. The highest BCUT2D eigenvalue weighted by Gasteiger charge is 2.13. The van der Waals surface area contributed by atoms with Crippen LogP contribution in [0.5, 0.6) is 11.5 Å². The Kier molecular flexibility index (Phi) is 9.84. The molecule has 0 heterocycles. The summed E-state index contributed by atoms with van der Waals surface area (Å²) in [6, 6.07) is 20.1. The normalized spacial score (nSPS) is 10.5. The van der Waals surface area contributed by atoms with Crippen LogP contribution >= 0.6 is 11.6 Å². The van der Waals surface area contributed by atoms with Gasteiger partial charge in [-0.25, -0.2) is 5.43 Å². The quantitative estimate of drug-likeness (QED) is 0.215. The van der Waals surface area contributed by atoms with Crippen molar-refractivity contribution in [3.05, 3.63) is 83.4 Å². The van der Waals surface area contributed by atoms with Gasteiger partial charge in [-0.05, 0) is 72.6 Å². The molecule has 3 aromatic carbocycles. The number of hydrazone groups is 1. The van der Waals surface area contributed by atoms with Crippen molar-refractivity contribution in [3.8, 4) is 11.5 Å². The zero-order chi connectivity index (χ0) is 25.8. The highest BCUT2D eigenvalue weighted by Crippen LogP contribution is 2.16. The van der Waals surface area contributed by atoms with Crippen LogP contribution in [0.15, 0.2) is 77.9 Å². The van der Waals surface area contributed by atoms with Crippen molar-refractivity contribution in [2.24, 2.45) is 5.10 Å². The van der Waals surface area contributed by atoms with E-state index in [-0.39, 0.29) is 12.5 Å². The maximum absolute atomic E-state index is 12.1. The highest BCUT2D eigenvalue weighted by atomic mass is 35.5. The molecule has 3 rings (SSSR count). The lowest BCUT2D eigenvalue weighted by atomic mass is 10.2. The largest absolute Gasteiger partial charge is 0.494 e. The second kappa shape index (κ2) is 13.5. The average Bonchev–Trinajstić information content (AvgIpc) is 2.88. The number of anilines is 2. The minimum atomic E-state index is -0.927. The zero-order valence-corrected chi connectivity index (χ0v) is 20.2. The number of ether oxygens (including phenoxy) is 2. The van der Waals surface area contributed by atoms with Crippen LogP contribution in [0.25, 0.3) is 0 Å². The Morgan fingerprint density at radius 3 is 2.28 bits per heavy atom. The third-order valence-corrected chi connectivity index (χ3v) is 4.78. The van der Waals surface area contributed by atoms with E-state index < -0.39 is 11.8 Å². The van der Waals surface area contributed by atoms with Crippen LogP contribution in [0.4, 0.5) is 11.4 Å². The van der Waals surface area contributed by atoms with Gasteiger partial charge < -0.3 is 20.1 Å². The van der Waals surface area contributed by atoms with E-state index in [2.05, 4.69) is 21.2 Å². The van der Waals surface area contributed by atoms with Crippen LogP contribution in [0, 0.1) is 0 Å². The van der Waals surface area contributed by atoms with Crippen molar-refractivity contribution in [2.75, 3.05) is 23.8 Å². The molecule has 0 aromatic heterocycles. The van der Waals surface area contributed by atoms with Gasteiger partial charge in [0.05, 0.1) is 12.8 Å². The standard InChI is InChI=1S/C26H25ClN4O5/c1-2-14-35-22-12-10-21(11-13-22)30-25(33)26(34)31-28-16-18-4-3-5-23(15-18)36-17-24(32)29-20-8-6-19(27)7-9-20/h3-13,15-16H,2,14,17H2,1H3,(H,29,32)(H,30,33)(H,31,34)/b28-16-. The number of rotatable bonds is 10. The maximum atomic E-state index is 12.1. The molecule has 0 bridgehead atoms. The molecular weight excluding hydrogens is 484 g/mol. The molecular formula is C26H25ClN4O5. The fourth-order valence-corrected chi connectivity index (χ4v) is 2.95.